The Labute approximate surface area is 162 Å². The molecule has 0 unspecified atom stereocenters. The van der Waals surface area contributed by atoms with Gasteiger partial charge in [-0.1, -0.05) is 18.2 Å². The maximum atomic E-state index is 14.7. The highest BCUT2D eigenvalue weighted by Gasteiger charge is 2.29. The van der Waals surface area contributed by atoms with Gasteiger partial charge in [-0.25, -0.2) is 20.0 Å². The Bertz CT molecular complexity index is 955. The first-order chi connectivity index (χ1) is 13.4. The van der Waals surface area contributed by atoms with Crippen molar-refractivity contribution in [3.63, 3.8) is 0 Å². The molecule has 7 heteroatoms. The number of nitrogens with two attached hydrogens (primary N) is 1. The van der Waals surface area contributed by atoms with Gasteiger partial charge in [0.25, 0.3) is 5.91 Å². The molecule has 0 radical (unpaired) electrons. The number of benzene rings is 2. The van der Waals surface area contributed by atoms with Gasteiger partial charge in [-0.2, -0.15) is 0 Å². The van der Waals surface area contributed by atoms with Crippen molar-refractivity contribution in [2.24, 2.45) is 5.84 Å². The van der Waals surface area contributed by atoms with Crippen LogP contribution >= 0.6 is 0 Å². The fourth-order valence-corrected chi connectivity index (χ4v) is 3.28. The minimum absolute atomic E-state index is 0.0465. The van der Waals surface area contributed by atoms with Gasteiger partial charge >= 0.3 is 5.97 Å². The molecule has 3 rings (SSSR count). The number of nitrogens with zero attached hydrogens (tertiary/aromatic N) is 1. The van der Waals surface area contributed by atoms with Crippen molar-refractivity contribution in [3.05, 3.63) is 59.4 Å². The second-order valence-electron chi connectivity index (χ2n) is 6.42. The number of hydrogen-bond acceptors (Lipinski definition) is 4. The molecule has 0 spiro atoms. The van der Waals surface area contributed by atoms with Crippen molar-refractivity contribution in [3.8, 4) is 16.9 Å². The largest absolute Gasteiger partial charge is 0.494 e. The average molecular weight is 384 g/mol. The molecular formula is C21H21FN2O4. The molecule has 28 heavy (non-hydrogen) atoms. The summed E-state index contributed by atoms with van der Waals surface area (Å²) in [5.74, 6) is 4.00. The standard InChI is InChI=1S/C21H21FN2O4/c1-2-28-15-6-3-5-13(11-15)14-9-10-19(18(22)12-14)24(23)20(25)16-7-4-8-17(16)21(26)27/h3,5-6,9-12H,2,4,7-8,23H2,1H3,(H,26,27). The molecule has 3 N–H and O–H groups in total. The Morgan fingerprint density at radius 1 is 1.14 bits per heavy atom. The summed E-state index contributed by atoms with van der Waals surface area (Å²) in [7, 11) is 0. The van der Waals surface area contributed by atoms with Crippen molar-refractivity contribution in [1.29, 1.82) is 0 Å². The zero-order valence-corrected chi connectivity index (χ0v) is 15.4. The van der Waals surface area contributed by atoms with Gasteiger partial charge in [-0.15, -0.1) is 0 Å². The number of carbonyl (C=O) groups is 2. The SMILES string of the molecule is CCOc1cccc(-c2ccc(N(N)C(=O)C3=C(C(=O)O)CCC3)c(F)c2)c1. The molecule has 0 fully saturated rings. The van der Waals surface area contributed by atoms with Crippen LogP contribution in [0.2, 0.25) is 0 Å². The van der Waals surface area contributed by atoms with Crippen LogP contribution in [0.5, 0.6) is 5.75 Å². The van der Waals surface area contributed by atoms with Gasteiger partial charge in [0.2, 0.25) is 0 Å². The minimum atomic E-state index is -1.14. The monoisotopic (exact) mass is 384 g/mol. The third kappa shape index (κ3) is 3.89. The van der Waals surface area contributed by atoms with Gasteiger partial charge in [0.05, 0.1) is 12.3 Å². The number of aliphatic carboxylic acids is 1. The Hall–Kier alpha value is -3.19. The van der Waals surface area contributed by atoms with E-state index in [2.05, 4.69) is 0 Å². The maximum Gasteiger partial charge on any atom is 0.332 e. The summed E-state index contributed by atoms with van der Waals surface area (Å²) in [6.07, 6.45) is 1.19. The number of rotatable bonds is 6. The van der Waals surface area contributed by atoms with Crippen LogP contribution in [0.25, 0.3) is 11.1 Å². The van der Waals surface area contributed by atoms with Crippen LogP contribution in [0.1, 0.15) is 26.2 Å². The van der Waals surface area contributed by atoms with Crippen LogP contribution in [0.3, 0.4) is 0 Å². The minimum Gasteiger partial charge on any atom is -0.494 e. The van der Waals surface area contributed by atoms with Crippen molar-refractivity contribution in [2.45, 2.75) is 26.2 Å². The Morgan fingerprint density at radius 2 is 1.86 bits per heavy atom. The normalized spacial score (nSPS) is 13.5. The van der Waals surface area contributed by atoms with Crippen LogP contribution in [-0.4, -0.2) is 23.6 Å². The van der Waals surface area contributed by atoms with Gasteiger partial charge in [-0.3, -0.25) is 4.79 Å². The van der Waals surface area contributed by atoms with Gasteiger partial charge in [0.1, 0.15) is 11.6 Å². The Morgan fingerprint density at radius 3 is 2.54 bits per heavy atom. The molecule has 0 bridgehead atoms. The first-order valence-electron chi connectivity index (χ1n) is 8.99. The predicted octanol–water partition coefficient (Wildman–Crippen LogP) is 3.66. The molecule has 0 saturated carbocycles. The van der Waals surface area contributed by atoms with Crippen LogP contribution < -0.4 is 15.6 Å². The molecule has 0 heterocycles. The lowest BCUT2D eigenvalue weighted by Gasteiger charge is -2.19. The van der Waals surface area contributed by atoms with Gasteiger partial charge in [-0.05, 0) is 61.6 Å². The van der Waals surface area contributed by atoms with E-state index in [9.17, 15) is 19.1 Å². The van der Waals surface area contributed by atoms with Crippen molar-refractivity contribution < 1.29 is 23.8 Å². The molecule has 2 aromatic carbocycles. The van der Waals surface area contributed by atoms with E-state index in [1.807, 2.05) is 25.1 Å². The van der Waals surface area contributed by atoms with E-state index in [4.69, 9.17) is 10.6 Å². The van der Waals surface area contributed by atoms with Crippen molar-refractivity contribution in [1.82, 2.24) is 0 Å². The molecule has 1 aliphatic rings. The number of carboxylic acids is 1. The molecule has 6 nitrogen and oxygen atoms in total. The van der Waals surface area contributed by atoms with Crippen LogP contribution in [0.15, 0.2) is 53.6 Å². The van der Waals surface area contributed by atoms with E-state index >= 15 is 0 Å². The number of hydrazine groups is 1. The van der Waals surface area contributed by atoms with Gasteiger partial charge < -0.3 is 9.84 Å². The quantitative estimate of drug-likeness (QED) is 0.450. The van der Waals surface area contributed by atoms with Crippen LogP contribution in [-0.2, 0) is 9.59 Å². The van der Waals surface area contributed by atoms with E-state index in [-0.39, 0.29) is 16.8 Å². The maximum absolute atomic E-state index is 14.7. The smallest absolute Gasteiger partial charge is 0.332 e. The molecule has 2 aromatic rings. The Kier molecular flexibility index (Phi) is 5.75. The van der Waals surface area contributed by atoms with Gasteiger partial charge in [0.15, 0.2) is 0 Å². The summed E-state index contributed by atoms with van der Waals surface area (Å²) >= 11 is 0. The third-order valence-electron chi connectivity index (χ3n) is 4.64. The number of carboxylic acid groups (broad SMARTS) is 1. The Balaban J connectivity index is 1.88. The number of amides is 1. The van der Waals surface area contributed by atoms with Crippen molar-refractivity contribution >= 4 is 17.6 Å². The molecule has 146 valence electrons. The van der Waals surface area contributed by atoms with E-state index in [1.165, 1.54) is 12.1 Å². The number of carbonyl (C=O) groups excluding carboxylic acids is 1. The van der Waals surface area contributed by atoms with Crippen molar-refractivity contribution in [2.75, 3.05) is 11.6 Å². The zero-order chi connectivity index (χ0) is 20.3. The lowest BCUT2D eigenvalue weighted by atomic mass is 10.0. The second kappa shape index (κ2) is 8.22. The molecule has 0 saturated heterocycles. The fraction of sp³-hybridized carbons (Fsp3) is 0.238. The van der Waals surface area contributed by atoms with E-state index in [0.717, 1.165) is 5.56 Å². The summed E-state index contributed by atoms with van der Waals surface area (Å²) in [5.41, 5.74) is 1.43. The average Bonchev–Trinajstić information content (AvgIpc) is 3.17. The molecular weight excluding hydrogens is 363 g/mol. The topological polar surface area (TPSA) is 92.9 Å². The molecule has 0 aliphatic heterocycles. The lowest BCUT2D eigenvalue weighted by Crippen LogP contribution is -2.39. The number of hydrogen-bond donors (Lipinski definition) is 2. The molecule has 0 atom stereocenters. The molecule has 1 amide bonds. The fourth-order valence-electron chi connectivity index (χ4n) is 3.28. The summed E-state index contributed by atoms with van der Waals surface area (Å²) in [4.78, 5) is 23.8. The number of halogens is 1. The predicted molar refractivity (Wildman–Crippen MR) is 103 cm³/mol. The van der Waals surface area contributed by atoms with E-state index < -0.39 is 17.7 Å². The first kappa shape index (κ1) is 19.6. The van der Waals surface area contributed by atoms with Crippen LogP contribution in [0.4, 0.5) is 10.1 Å². The van der Waals surface area contributed by atoms with Crippen LogP contribution in [0, 0.1) is 5.82 Å². The molecule has 0 aromatic heterocycles. The highest BCUT2D eigenvalue weighted by atomic mass is 19.1. The summed E-state index contributed by atoms with van der Waals surface area (Å²) in [6, 6.07) is 11.6. The van der Waals surface area contributed by atoms with E-state index in [0.29, 0.717) is 42.2 Å². The highest BCUT2D eigenvalue weighted by Crippen LogP contribution is 2.31. The zero-order valence-electron chi connectivity index (χ0n) is 15.4. The highest BCUT2D eigenvalue weighted by molar-refractivity contribution is 6.10. The van der Waals surface area contributed by atoms with Gasteiger partial charge in [0, 0.05) is 11.1 Å². The molecule has 1 aliphatic carbocycles. The number of anilines is 1. The second-order valence-corrected chi connectivity index (χ2v) is 6.42. The first-order valence-corrected chi connectivity index (χ1v) is 8.99. The van der Waals surface area contributed by atoms with E-state index in [1.54, 1.807) is 12.1 Å². The summed E-state index contributed by atoms with van der Waals surface area (Å²) in [5, 5.41) is 9.89. The number of ether oxygens (including phenoxy) is 1. The summed E-state index contributed by atoms with van der Waals surface area (Å²) < 4.78 is 20.2. The third-order valence-corrected chi connectivity index (χ3v) is 4.64. The summed E-state index contributed by atoms with van der Waals surface area (Å²) in [6.45, 7) is 2.40. The lowest BCUT2D eigenvalue weighted by molar-refractivity contribution is -0.133.